The zero-order chi connectivity index (χ0) is 50.8. The maximum Gasteiger partial charge on any atom is 0.220 e. The molecule has 0 bridgehead atoms. The Hall–Kier alpha value is -1.07. The van der Waals surface area contributed by atoms with E-state index >= 15 is 0 Å². The Kier molecular flexibility index (Phi) is 49.2. The van der Waals surface area contributed by atoms with Crippen LogP contribution in [0, 0.1) is 0 Å². The predicted octanol–water partition coefficient (Wildman–Crippen LogP) is 15.6. The highest BCUT2D eigenvalue weighted by Gasteiger charge is 2.44. The molecule has 7 atom stereocenters. The second-order valence-corrected chi connectivity index (χ2v) is 21.9. The number of amides is 1. The molecule has 1 aliphatic heterocycles. The summed E-state index contributed by atoms with van der Waals surface area (Å²) >= 11 is 0. The lowest BCUT2D eigenvalue weighted by Crippen LogP contribution is -2.60. The Bertz CT molecular complexity index is 1110. The standard InChI is InChI=1S/C61H119NO8/c1-3-5-7-9-11-13-14-15-16-17-18-19-20-21-22-23-24-25-26-27-28-29-30-31-32-33-34-35-36-37-38-39-40-41-42-43-45-47-49-51-57(65)62-54(55(64)50-48-46-44-12-10-8-6-4-2)53-69-61-60(68)59(67)58(66)56(52-63)70-61/h48,50,54-56,58-61,63-64,66-68H,3-47,49,51-53H2,1-2H3,(H,62,65)/b50-48+. The molecular formula is C61H119NO8. The van der Waals surface area contributed by atoms with Gasteiger partial charge < -0.3 is 40.3 Å². The Labute approximate surface area is 433 Å². The van der Waals surface area contributed by atoms with Gasteiger partial charge in [-0.2, -0.15) is 0 Å². The van der Waals surface area contributed by atoms with Gasteiger partial charge in [-0.05, 0) is 19.3 Å². The van der Waals surface area contributed by atoms with Gasteiger partial charge in [0.1, 0.15) is 24.4 Å². The summed E-state index contributed by atoms with van der Waals surface area (Å²) < 4.78 is 11.2. The number of nitrogens with one attached hydrogen (secondary N) is 1. The van der Waals surface area contributed by atoms with Crippen LogP contribution in [0.15, 0.2) is 12.2 Å². The molecule has 0 aromatic carbocycles. The minimum Gasteiger partial charge on any atom is -0.394 e. The third-order valence-electron chi connectivity index (χ3n) is 15.1. The summed E-state index contributed by atoms with van der Waals surface area (Å²) in [5.74, 6) is -0.174. The molecule has 0 aliphatic carbocycles. The first-order chi connectivity index (χ1) is 34.3. The van der Waals surface area contributed by atoms with Crippen molar-refractivity contribution in [1.82, 2.24) is 5.32 Å². The van der Waals surface area contributed by atoms with E-state index in [0.29, 0.717) is 6.42 Å². The lowest BCUT2D eigenvalue weighted by Gasteiger charge is -2.40. The van der Waals surface area contributed by atoms with E-state index in [0.717, 1.165) is 38.5 Å². The average Bonchev–Trinajstić information content (AvgIpc) is 3.36. The number of unbranched alkanes of at least 4 members (excludes halogenated alkanes) is 44. The number of aliphatic hydroxyl groups is 5. The Morgan fingerprint density at radius 2 is 0.786 bits per heavy atom. The van der Waals surface area contributed by atoms with E-state index in [1.54, 1.807) is 6.08 Å². The number of hydrogen-bond donors (Lipinski definition) is 6. The topological polar surface area (TPSA) is 149 Å². The normalized spacial score (nSPS) is 19.3. The SMILES string of the molecule is CCCCCCCC/C=C/C(O)C(COC1OC(CO)C(O)C(O)C1O)NC(=O)CCCCCCCCCCCCCCCCCCCCCCCCCCCCCCCCCCCCCCCCC. The molecule has 0 aromatic rings. The summed E-state index contributed by atoms with van der Waals surface area (Å²) in [5, 5.41) is 54.1. The van der Waals surface area contributed by atoms with Crippen molar-refractivity contribution in [2.75, 3.05) is 13.2 Å². The molecule has 0 saturated carbocycles. The summed E-state index contributed by atoms with van der Waals surface area (Å²) in [4.78, 5) is 13.0. The van der Waals surface area contributed by atoms with Gasteiger partial charge in [0.05, 0.1) is 25.4 Å². The minimum atomic E-state index is -1.56. The Morgan fingerprint density at radius 1 is 0.471 bits per heavy atom. The molecule has 0 radical (unpaired) electrons. The molecule has 70 heavy (non-hydrogen) atoms. The molecule has 1 fully saturated rings. The van der Waals surface area contributed by atoms with Gasteiger partial charge in [-0.3, -0.25) is 4.79 Å². The average molecular weight is 995 g/mol. The van der Waals surface area contributed by atoms with E-state index in [-0.39, 0.29) is 12.5 Å². The molecule has 6 N–H and O–H groups in total. The predicted molar refractivity (Wildman–Crippen MR) is 295 cm³/mol. The first-order valence-corrected chi connectivity index (χ1v) is 30.9. The molecular weight excluding hydrogens is 875 g/mol. The van der Waals surface area contributed by atoms with E-state index in [4.69, 9.17) is 9.47 Å². The molecule has 1 amide bonds. The first-order valence-electron chi connectivity index (χ1n) is 30.9. The van der Waals surface area contributed by atoms with E-state index in [2.05, 4.69) is 19.2 Å². The molecule has 9 heteroatoms. The number of carbonyl (C=O) groups is 1. The number of carbonyl (C=O) groups excluding carboxylic acids is 1. The van der Waals surface area contributed by atoms with Gasteiger partial charge in [-0.15, -0.1) is 0 Å². The van der Waals surface area contributed by atoms with Gasteiger partial charge >= 0.3 is 0 Å². The quantitative estimate of drug-likeness (QED) is 0.0261. The van der Waals surface area contributed by atoms with Gasteiger partial charge in [0.25, 0.3) is 0 Å². The summed E-state index contributed by atoms with van der Waals surface area (Å²) in [6.07, 6.45) is 57.9. The lowest BCUT2D eigenvalue weighted by molar-refractivity contribution is -0.302. The fourth-order valence-electron chi connectivity index (χ4n) is 10.2. The highest BCUT2D eigenvalue weighted by Crippen LogP contribution is 2.23. The molecule has 1 rings (SSSR count). The van der Waals surface area contributed by atoms with Crippen molar-refractivity contribution in [3.8, 4) is 0 Å². The van der Waals surface area contributed by atoms with Gasteiger partial charge in [0.15, 0.2) is 6.29 Å². The van der Waals surface area contributed by atoms with Crippen LogP contribution in [0.1, 0.15) is 316 Å². The third-order valence-corrected chi connectivity index (χ3v) is 15.1. The van der Waals surface area contributed by atoms with Crippen LogP contribution in [0.3, 0.4) is 0 Å². The summed E-state index contributed by atoms with van der Waals surface area (Å²) in [7, 11) is 0. The van der Waals surface area contributed by atoms with Crippen molar-refractivity contribution >= 4 is 5.91 Å². The van der Waals surface area contributed by atoms with Crippen LogP contribution in [-0.2, 0) is 14.3 Å². The summed E-state index contributed by atoms with van der Waals surface area (Å²) in [6, 6.07) is -0.798. The minimum absolute atomic E-state index is 0.174. The van der Waals surface area contributed by atoms with Gasteiger partial charge in [-0.25, -0.2) is 0 Å². The van der Waals surface area contributed by atoms with E-state index in [9.17, 15) is 30.3 Å². The van der Waals surface area contributed by atoms with Crippen molar-refractivity contribution < 1.29 is 39.8 Å². The van der Waals surface area contributed by atoms with Crippen LogP contribution < -0.4 is 5.32 Å². The molecule has 1 saturated heterocycles. The molecule has 7 unspecified atom stereocenters. The second-order valence-electron chi connectivity index (χ2n) is 21.9. The van der Waals surface area contributed by atoms with Crippen molar-refractivity contribution in [3.05, 3.63) is 12.2 Å². The summed E-state index contributed by atoms with van der Waals surface area (Å²) in [6.45, 7) is 3.76. The molecule has 0 aromatic heterocycles. The molecule has 1 heterocycles. The number of rotatable bonds is 54. The Balaban J connectivity index is 1.95. The van der Waals surface area contributed by atoms with Crippen LogP contribution in [-0.4, -0.2) is 87.5 Å². The van der Waals surface area contributed by atoms with Crippen LogP contribution in [0.5, 0.6) is 0 Å². The molecule has 1 aliphatic rings. The maximum atomic E-state index is 13.0. The zero-order valence-corrected chi connectivity index (χ0v) is 46.3. The highest BCUT2D eigenvalue weighted by atomic mass is 16.7. The lowest BCUT2D eigenvalue weighted by atomic mass is 9.99. The maximum absolute atomic E-state index is 13.0. The van der Waals surface area contributed by atoms with E-state index in [1.807, 2.05) is 6.08 Å². The number of aliphatic hydroxyl groups excluding tert-OH is 5. The molecule has 9 nitrogen and oxygen atoms in total. The van der Waals surface area contributed by atoms with Crippen LogP contribution in [0.25, 0.3) is 0 Å². The van der Waals surface area contributed by atoms with Gasteiger partial charge in [0.2, 0.25) is 5.91 Å². The number of hydrogen-bond acceptors (Lipinski definition) is 8. The van der Waals surface area contributed by atoms with Crippen LogP contribution in [0.4, 0.5) is 0 Å². The van der Waals surface area contributed by atoms with Crippen molar-refractivity contribution in [2.24, 2.45) is 0 Å². The highest BCUT2D eigenvalue weighted by molar-refractivity contribution is 5.76. The molecule has 416 valence electrons. The van der Waals surface area contributed by atoms with Crippen LogP contribution >= 0.6 is 0 Å². The van der Waals surface area contributed by atoms with E-state index in [1.165, 1.54) is 257 Å². The fraction of sp³-hybridized carbons (Fsp3) is 0.951. The third kappa shape index (κ3) is 40.3. The number of allylic oxidation sites excluding steroid dienone is 1. The summed E-state index contributed by atoms with van der Waals surface area (Å²) in [5.41, 5.74) is 0. The van der Waals surface area contributed by atoms with Crippen LogP contribution in [0.2, 0.25) is 0 Å². The fourth-order valence-corrected chi connectivity index (χ4v) is 10.2. The van der Waals surface area contributed by atoms with Crippen molar-refractivity contribution in [3.63, 3.8) is 0 Å². The monoisotopic (exact) mass is 994 g/mol. The zero-order valence-electron chi connectivity index (χ0n) is 46.3. The second kappa shape index (κ2) is 51.4. The van der Waals surface area contributed by atoms with Gasteiger partial charge in [-0.1, -0.05) is 302 Å². The molecule has 0 spiro atoms. The number of ether oxygens (including phenoxy) is 2. The van der Waals surface area contributed by atoms with E-state index < -0.39 is 49.5 Å². The van der Waals surface area contributed by atoms with Crippen molar-refractivity contribution in [1.29, 1.82) is 0 Å². The Morgan fingerprint density at radius 3 is 1.11 bits per heavy atom. The smallest absolute Gasteiger partial charge is 0.220 e. The first kappa shape index (κ1) is 66.9. The van der Waals surface area contributed by atoms with Crippen molar-refractivity contribution in [2.45, 2.75) is 358 Å². The van der Waals surface area contributed by atoms with Gasteiger partial charge in [0, 0.05) is 6.42 Å². The largest absolute Gasteiger partial charge is 0.394 e.